The Morgan fingerprint density at radius 2 is 2.29 bits per heavy atom. The maximum absolute atomic E-state index is 13.3. The lowest BCUT2D eigenvalue weighted by atomic mass is 10.1. The van der Waals surface area contributed by atoms with Gasteiger partial charge in [0.25, 0.3) is 0 Å². The summed E-state index contributed by atoms with van der Waals surface area (Å²) in [6, 6.07) is 6.60. The lowest BCUT2D eigenvalue weighted by molar-refractivity contribution is 0.104. The van der Waals surface area contributed by atoms with Gasteiger partial charge in [0.2, 0.25) is 0 Å². The highest BCUT2D eigenvalue weighted by atomic mass is 79.9. The fourth-order valence-corrected chi connectivity index (χ4v) is 1.71. The van der Waals surface area contributed by atoms with Crippen LogP contribution in [-0.4, -0.2) is 17.1 Å². The molecule has 1 aromatic rings. The van der Waals surface area contributed by atoms with Gasteiger partial charge in [-0.1, -0.05) is 39.3 Å². The summed E-state index contributed by atoms with van der Waals surface area (Å²) in [5.41, 5.74) is 1.23. The normalized spacial score (nSPS) is 20.4. The van der Waals surface area contributed by atoms with Crippen LogP contribution in [0.3, 0.4) is 0 Å². The largest absolute Gasteiger partial charge is 0.391 e. The van der Waals surface area contributed by atoms with E-state index in [0.29, 0.717) is 23.0 Å². The zero-order valence-corrected chi connectivity index (χ0v) is 9.00. The lowest BCUT2D eigenvalue weighted by Gasteiger charge is -2.01. The van der Waals surface area contributed by atoms with Crippen molar-refractivity contribution in [3.8, 4) is 0 Å². The summed E-state index contributed by atoms with van der Waals surface area (Å²) < 4.78 is 13.3. The van der Waals surface area contributed by atoms with E-state index in [-0.39, 0.29) is 11.9 Å². The standard InChI is InChI=1S/C10H9BrFNO/c11-6-7-5-10(13-14-7)8-3-1-2-4-9(8)12/h1-4,7H,5-6H2. The Hall–Kier alpha value is -0.900. The molecule has 0 saturated heterocycles. The van der Waals surface area contributed by atoms with Crippen LogP contribution in [0.15, 0.2) is 29.4 Å². The Morgan fingerprint density at radius 3 is 2.93 bits per heavy atom. The topological polar surface area (TPSA) is 21.6 Å². The minimum Gasteiger partial charge on any atom is -0.391 e. The van der Waals surface area contributed by atoms with Crippen molar-refractivity contribution < 1.29 is 9.23 Å². The molecule has 0 radical (unpaired) electrons. The molecule has 0 saturated carbocycles. The molecule has 1 aromatic carbocycles. The van der Waals surface area contributed by atoms with E-state index in [1.807, 2.05) is 0 Å². The van der Waals surface area contributed by atoms with Crippen molar-refractivity contribution in [2.45, 2.75) is 12.5 Å². The molecule has 1 heterocycles. The molecule has 0 fully saturated rings. The first kappa shape index (κ1) is 9.65. The lowest BCUT2D eigenvalue weighted by Crippen LogP contribution is -2.10. The third kappa shape index (κ3) is 1.80. The van der Waals surface area contributed by atoms with Crippen LogP contribution >= 0.6 is 15.9 Å². The fourth-order valence-electron chi connectivity index (χ4n) is 1.37. The van der Waals surface area contributed by atoms with Crippen LogP contribution < -0.4 is 0 Å². The molecule has 74 valence electrons. The minimum absolute atomic E-state index is 0.0320. The van der Waals surface area contributed by atoms with Gasteiger partial charge in [0.15, 0.2) is 0 Å². The molecule has 0 amide bonds. The molecule has 0 spiro atoms. The second-order valence-corrected chi connectivity index (χ2v) is 3.75. The van der Waals surface area contributed by atoms with Crippen LogP contribution in [0.4, 0.5) is 4.39 Å². The predicted octanol–water partition coefficient (Wildman–Crippen LogP) is 2.71. The molecule has 0 N–H and O–H groups in total. The van der Waals surface area contributed by atoms with Crippen molar-refractivity contribution in [1.29, 1.82) is 0 Å². The van der Waals surface area contributed by atoms with Crippen molar-refractivity contribution >= 4 is 21.6 Å². The number of alkyl halides is 1. The number of hydrogen-bond donors (Lipinski definition) is 0. The second kappa shape index (κ2) is 4.09. The molecule has 1 atom stereocenters. The molecule has 0 bridgehead atoms. The Kier molecular flexibility index (Phi) is 2.82. The first-order valence-electron chi connectivity index (χ1n) is 4.35. The third-order valence-corrected chi connectivity index (χ3v) is 2.81. The molecule has 1 aliphatic rings. The van der Waals surface area contributed by atoms with Gasteiger partial charge in [-0.05, 0) is 6.07 Å². The average molecular weight is 258 g/mol. The molecule has 0 aromatic heterocycles. The van der Waals surface area contributed by atoms with Crippen LogP contribution in [0.5, 0.6) is 0 Å². The van der Waals surface area contributed by atoms with Gasteiger partial charge in [0, 0.05) is 17.3 Å². The first-order chi connectivity index (χ1) is 6.81. The molecule has 1 unspecified atom stereocenters. The quantitative estimate of drug-likeness (QED) is 0.747. The van der Waals surface area contributed by atoms with E-state index in [4.69, 9.17) is 4.84 Å². The molecule has 2 rings (SSSR count). The first-order valence-corrected chi connectivity index (χ1v) is 5.47. The fraction of sp³-hybridized carbons (Fsp3) is 0.300. The molecule has 14 heavy (non-hydrogen) atoms. The van der Waals surface area contributed by atoms with Gasteiger partial charge >= 0.3 is 0 Å². The van der Waals surface area contributed by atoms with Gasteiger partial charge in [0.1, 0.15) is 11.9 Å². The smallest absolute Gasteiger partial charge is 0.142 e. The molecule has 4 heteroatoms. The van der Waals surface area contributed by atoms with E-state index in [1.165, 1.54) is 6.07 Å². The molecule has 2 nitrogen and oxygen atoms in total. The van der Waals surface area contributed by atoms with E-state index in [0.717, 1.165) is 0 Å². The van der Waals surface area contributed by atoms with E-state index in [9.17, 15) is 4.39 Å². The Morgan fingerprint density at radius 1 is 1.50 bits per heavy atom. The zero-order valence-electron chi connectivity index (χ0n) is 7.41. The van der Waals surface area contributed by atoms with Crippen LogP contribution in [0, 0.1) is 5.82 Å². The van der Waals surface area contributed by atoms with Crippen molar-refractivity contribution in [2.75, 3.05) is 5.33 Å². The minimum atomic E-state index is -0.245. The van der Waals surface area contributed by atoms with Crippen LogP contribution in [0.1, 0.15) is 12.0 Å². The van der Waals surface area contributed by atoms with Crippen molar-refractivity contribution in [2.24, 2.45) is 5.16 Å². The number of nitrogens with zero attached hydrogens (tertiary/aromatic N) is 1. The average Bonchev–Trinajstić information content (AvgIpc) is 2.67. The molecular formula is C10H9BrFNO. The molecular weight excluding hydrogens is 249 g/mol. The predicted molar refractivity (Wildman–Crippen MR) is 56.2 cm³/mol. The van der Waals surface area contributed by atoms with E-state index >= 15 is 0 Å². The van der Waals surface area contributed by atoms with Crippen LogP contribution in [0.25, 0.3) is 0 Å². The number of rotatable bonds is 2. The summed E-state index contributed by atoms with van der Waals surface area (Å²) in [5.74, 6) is -0.245. The number of oxime groups is 1. The highest BCUT2D eigenvalue weighted by Crippen LogP contribution is 2.19. The van der Waals surface area contributed by atoms with Gasteiger partial charge < -0.3 is 4.84 Å². The SMILES string of the molecule is Fc1ccccc1C1=NOC(CBr)C1. The maximum atomic E-state index is 13.3. The Labute approximate surface area is 89.9 Å². The van der Waals surface area contributed by atoms with E-state index in [2.05, 4.69) is 21.1 Å². The van der Waals surface area contributed by atoms with E-state index < -0.39 is 0 Å². The van der Waals surface area contributed by atoms with Crippen molar-refractivity contribution in [3.63, 3.8) is 0 Å². The molecule has 1 aliphatic heterocycles. The summed E-state index contributed by atoms with van der Waals surface area (Å²) in [6.45, 7) is 0. The van der Waals surface area contributed by atoms with Gasteiger partial charge in [-0.3, -0.25) is 0 Å². The number of halogens is 2. The summed E-state index contributed by atoms with van der Waals surface area (Å²) in [4.78, 5) is 5.10. The highest BCUT2D eigenvalue weighted by molar-refractivity contribution is 9.09. The van der Waals surface area contributed by atoms with Gasteiger partial charge in [0.05, 0.1) is 5.71 Å². The number of hydrogen-bond acceptors (Lipinski definition) is 2. The Bertz CT molecular complexity index is 367. The summed E-state index contributed by atoms with van der Waals surface area (Å²) in [5, 5.41) is 4.58. The zero-order chi connectivity index (χ0) is 9.97. The van der Waals surface area contributed by atoms with Crippen LogP contribution in [-0.2, 0) is 4.84 Å². The highest BCUT2D eigenvalue weighted by Gasteiger charge is 2.22. The Balaban J connectivity index is 2.22. The summed E-state index contributed by atoms with van der Waals surface area (Å²) >= 11 is 3.30. The van der Waals surface area contributed by atoms with Gasteiger partial charge in [-0.25, -0.2) is 4.39 Å². The maximum Gasteiger partial charge on any atom is 0.142 e. The third-order valence-electron chi connectivity index (χ3n) is 2.09. The van der Waals surface area contributed by atoms with Crippen LogP contribution in [0.2, 0.25) is 0 Å². The monoisotopic (exact) mass is 257 g/mol. The summed E-state index contributed by atoms with van der Waals surface area (Å²) in [6.07, 6.45) is 0.691. The second-order valence-electron chi connectivity index (χ2n) is 3.10. The molecule has 0 aliphatic carbocycles. The van der Waals surface area contributed by atoms with Crippen molar-refractivity contribution in [1.82, 2.24) is 0 Å². The van der Waals surface area contributed by atoms with Gasteiger partial charge in [-0.15, -0.1) is 0 Å². The van der Waals surface area contributed by atoms with Gasteiger partial charge in [-0.2, -0.15) is 0 Å². The van der Waals surface area contributed by atoms with Crippen molar-refractivity contribution in [3.05, 3.63) is 35.6 Å². The number of benzene rings is 1. The van der Waals surface area contributed by atoms with E-state index in [1.54, 1.807) is 18.2 Å². The summed E-state index contributed by atoms with van der Waals surface area (Å²) in [7, 11) is 0.